The van der Waals surface area contributed by atoms with Gasteiger partial charge in [0.2, 0.25) is 0 Å². The highest BCUT2D eigenvalue weighted by Crippen LogP contribution is 2.26. The summed E-state index contributed by atoms with van der Waals surface area (Å²) in [5.41, 5.74) is 3.80. The molecule has 0 bridgehead atoms. The molecule has 6 nitrogen and oxygen atoms in total. The largest absolute Gasteiger partial charge is 0.493 e. The van der Waals surface area contributed by atoms with Crippen LogP contribution >= 0.6 is 0 Å². The summed E-state index contributed by atoms with van der Waals surface area (Å²) >= 11 is 0. The summed E-state index contributed by atoms with van der Waals surface area (Å²) in [5.74, 6) is 0.958. The Hall–Kier alpha value is -3.02. The fourth-order valence-electron chi connectivity index (χ4n) is 2.14. The fraction of sp³-hybridized carbons (Fsp3) is 0.263. The number of carbonyl (C=O) groups is 1. The maximum Gasteiger partial charge on any atom is 0.265 e. The van der Waals surface area contributed by atoms with Gasteiger partial charge >= 0.3 is 0 Å². The summed E-state index contributed by atoms with van der Waals surface area (Å²) in [6, 6.07) is 11.1. The molecule has 132 valence electrons. The van der Waals surface area contributed by atoms with Gasteiger partial charge in [0.25, 0.3) is 5.91 Å². The Bertz CT molecular complexity index is 772. The molecule has 0 aliphatic carbocycles. The van der Waals surface area contributed by atoms with Gasteiger partial charge < -0.3 is 19.6 Å². The summed E-state index contributed by atoms with van der Waals surface area (Å²) in [6.07, 6.45) is 1.51. The molecule has 2 aromatic carbocycles. The topological polar surface area (TPSA) is 69.2 Å². The average Bonchev–Trinajstić information content (AvgIpc) is 2.61. The van der Waals surface area contributed by atoms with Crippen molar-refractivity contribution in [2.24, 2.45) is 5.16 Å². The van der Waals surface area contributed by atoms with Crippen molar-refractivity contribution in [3.63, 3.8) is 0 Å². The minimum absolute atomic E-state index is 0.170. The highest BCUT2D eigenvalue weighted by molar-refractivity contribution is 5.91. The number of carbonyl (C=O) groups excluding carboxylic acids is 1. The highest BCUT2D eigenvalue weighted by Gasteiger charge is 2.05. The lowest BCUT2D eigenvalue weighted by Crippen LogP contribution is -2.17. The first kappa shape index (κ1) is 18.3. The van der Waals surface area contributed by atoms with Crippen molar-refractivity contribution in [2.45, 2.75) is 13.8 Å². The van der Waals surface area contributed by atoms with Gasteiger partial charge in [-0.1, -0.05) is 11.2 Å². The maximum absolute atomic E-state index is 11.9. The Morgan fingerprint density at radius 3 is 2.48 bits per heavy atom. The Balaban J connectivity index is 1.86. The van der Waals surface area contributed by atoms with E-state index in [1.165, 1.54) is 11.8 Å². The first-order valence-electron chi connectivity index (χ1n) is 7.78. The summed E-state index contributed by atoms with van der Waals surface area (Å²) < 4.78 is 10.4. The van der Waals surface area contributed by atoms with E-state index < -0.39 is 0 Å². The van der Waals surface area contributed by atoms with E-state index in [4.69, 9.17) is 14.3 Å². The smallest absolute Gasteiger partial charge is 0.265 e. The fourth-order valence-corrected chi connectivity index (χ4v) is 2.14. The lowest BCUT2D eigenvalue weighted by atomic mass is 10.1. The SMILES string of the molecule is COc1ccc(/C=N\OCC(=O)Nc2ccc(C)c(C)c2)cc1OC. The molecule has 0 atom stereocenters. The van der Waals surface area contributed by atoms with Crippen molar-refractivity contribution in [1.29, 1.82) is 0 Å². The molecule has 0 aromatic heterocycles. The second kappa shape index (κ2) is 8.73. The molecule has 0 fully saturated rings. The van der Waals surface area contributed by atoms with Crippen molar-refractivity contribution in [3.05, 3.63) is 53.1 Å². The molecule has 0 radical (unpaired) electrons. The van der Waals surface area contributed by atoms with Crippen LogP contribution in [0.4, 0.5) is 5.69 Å². The third kappa shape index (κ3) is 5.24. The van der Waals surface area contributed by atoms with Crippen LogP contribution in [-0.2, 0) is 9.63 Å². The number of ether oxygens (including phenoxy) is 2. The Labute approximate surface area is 147 Å². The molecule has 1 N–H and O–H groups in total. The number of aryl methyl sites for hydroxylation is 2. The van der Waals surface area contributed by atoms with Crippen molar-refractivity contribution in [2.75, 3.05) is 26.1 Å². The number of nitrogens with one attached hydrogen (secondary N) is 1. The first-order valence-corrected chi connectivity index (χ1v) is 7.78. The average molecular weight is 342 g/mol. The lowest BCUT2D eigenvalue weighted by Gasteiger charge is -2.08. The zero-order valence-electron chi connectivity index (χ0n) is 14.8. The van der Waals surface area contributed by atoms with E-state index in [0.717, 1.165) is 16.8 Å². The van der Waals surface area contributed by atoms with E-state index in [2.05, 4.69) is 10.5 Å². The van der Waals surface area contributed by atoms with Gasteiger partial charge in [-0.3, -0.25) is 4.79 Å². The second-order valence-electron chi connectivity index (χ2n) is 5.47. The molecule has 25 heavy (non-hydrogen) atoms. The molecule has 1 amide bonds. The number of nitrogens with zero attached hydrogens (tertiary/aromatic N) is 1. The standard InChI is InChI=1S/C19H22N2O4/c1-13-5-7-16(9-14(13)2)21-19(22)12-25-20-11-15-6-8-17(23-3)18(10-15)24-4/h5-11H,12H2,1-4H3,(H,21,22)/b20-11-. The van der Waals surface area contributed by atoms with Crippen LogP contribution in [0.1, 0.15) is 16.7 Å². The summed E-state index contributed by atoms with van der Waals surface area (Å²) in [6.45, 7) is 3.85. The Kier molecular flexibility index (Phi) is 6.39. The van der Waals surface area contributed by atoms with Crippen LogP contribution in [0.15, 0.2) is 41.6 Å². The van der Waals surface area contributed by atoms with E-state index in [9.17, 15) is 4.79 Å². The molecular weight excluding hydrogens is 320 g/mol. The lowest BCUT2D eigenvalue weighted by molar-refractivity contribution is -0.120. The number of anilines is 1. The summed E-state index contributed by atoms with van der Waals surface area (Å²) in [4.78, 5) is 16.9. The first-order chi connectivity index (χ1) is 12.0. The van der Waals surface area contributed by atoms with Gasteiger partial charge in [-0.15, -0.1) is 0 Å². The van der Waals surface area contributed by atoms with E-state index >= 15 is 0 Å². The minimum atomic E-state index is -0.271. The third-order valence-electron chi connectivity index (χ3n) is 3.67. The third-order valence-corrected chi connectivity index (χ3v) is 3.67. The van der Waals surface area contributed by atoms with Gasteiger partial charge in [0.05, 0.1) is 20.4 Å². The molecular formula is C19H22N2O4. The van der Waals surface area contributed by atoms with Crippen LogP contribution < -0.4 is 14.8 Å². The Morgan fingerprint density at radius 1 is 1.04 bits per heavy atom. The predicted molar refractivity (Wildman–Crippen MR) is 97.6 cm³/mol. The molecule has 0 aliphatic rings. The molecule has 0 heterocycles. The van der Waals surface area contributed by atoms with Crippen molar-refractivity contribution in [1.82, 2.24) is 0 Å². The zero-order valence-corrected chi connectivity index (χ0v) is 14.8. The van der Waals surface area contributed by atoms with Crippen LogP contribution in [0.3, 0.4) is 0 Å². The van der Waals surface area contributed by atoms with E-state index in [1.54, 1.807) is 26.4 Å². The van der Waals surface area contributed by atoms with Gasteiger partial charge in [-0.2, -0.15) is 0 Å². The van der Waals surface area contributed by atoms with Gasteiger partial charge in [-0.05, 0) is 55.3 Å². The quantitative estimate of drug-likeness (QED) is 0.619. The van der Waals surface area contributed by atoms with Crippen molar-refractivity contribution in [3.8, 4) is 11.5 Å². The number of methoxy groups -OCH3 is 2. The normalized spacial score (nSPS) is 10.6. The molecule has 2 aromatic rings. The van der Waals surface area contributed by atoms with Crippen LogP contribution in [0, 0.1) is 13.8 Å². The number of hydrogen-bond acceptors (Lipinski definition) is 5. The van der Waals surface area contributed by atoms with Gasteiger partial charge in [0.15, 0.2) is 18.1 Å². The van der Waals surface area contributed by atoms with E-state index in [-0.39, 0.29) is 12.5 Å². The van der Waals surface area contributed by atoms with E-state index in [0.29, 0.717) is 11.5 Å². The number of amides is 1. The zero-order chi connectivity index (χ0) is 18.2. The molecule has 6 heteroatoms. The molecule has 0 saturated carbocycles. The molecule has 0 saturated heterocycles. The monoisotopic (exact) mass is 342 g/mol. The number of oxime groups is 1. The van der Waals surface area contributed by atoms with Gasteiger partial charge in [0, 0.05) is 11.3 Å². The molecule has 0 unspecified atom stereocenters. The van der Waals surface area contributed by atoms with Crippen LogP contribution in [0.25, 0.3) is 0 Å². The summed E-state index contributed by atoms with van der Waals surface area (Å²) in [7, 11) is 3.13. The van der Waals surface area contributed by atoms with E-state index in [1.807, 2.05) is 38.1 Å². The maximum atomic E-state index is 11.9. The van der Waals surface area contributed by atoms with Gasteiger partial charge in [-0.25, -0.2) is 0 Å². The minimum Gasteiger partial charge on any atom is -0.493 e. The molecule has 2 rings (SSSR count). The van der Waals surface area contributed by atoms with Crippen molar-refractivity contribution >= 4 is 17.8 Å². The molecule has 0 aliphatic heterocycles. The van der Waals surface area contributed by atoms with Crippen molar-refractivity contribution < 1.29 is 19.1 Å². The van der Waals surface area contributed by atoms with Crippen LogP contribution in [-0.4, -0.2) is 32.9 Å². The second-order valence-corrected chi connectivity index (χ2v) is 5.47. The summed E-state index contributed by atoms with van der Waals surface area (Å²) in [5, 5.41) is 6.57. The van der Waals surface area contributed by atoms with Crippen LogP contribution in [0.5, 0.6) is 11.5 Å². The number of hydrogen-bond donors (Lipinski definition) is 1. The number of rotatable bonds is 7. The Morgan fingerprint density at radius 2 is 1.80 bits per heavy atom. The highest BCUT2D eigenvalue weighted by atomic mass is 16.6. The number of benzene rings is 2. The van der Waals surface area contributed by atoms with Gasteiger partial charge in [0.1, 0.15) is 0 Å². The molecule has 0 spiro atoms. The predicted octanol–water partition coefficient (Wildman–Crippen LogP) is 3.31. The van der Waals surface area contributed by atoms with Crippen LogP contribution in [0.2, 0.25) is 0 Å².